The summed E-state index contributed by atoms with van der Waals surface area (Å²) in [7, 11) is 0. The van der Waals surface area contributed by atoms with E-state index in [4.69, 9.17) is 4.74 Å². The number of hydrogen-bond acceptors (Lipinski definition) is 3. The zero-order valence-electron chi connectivity index (χ0n) is 10.2. The van der Waals surface area contributed by atoms with Crippen molar-refractivity contribution in [1.29, 1.82) is 0 Å². The molecule has 1 aliphatic rings. The Labute approximate surface area is 93.2 Å². The smallest absolute Gasteiger partial charge is 0.0897 e. The van der Waals surface area contributed by atoms with Crippen molar-refractivity contribution in [2.75, 3.05) is 13.2 Å². The molecule has 1 fully saturated rings. The Balaban J connectivity index is 1.96. The monoisotopic (exact) mass is 215 g/mol. The molecule has 1 saturated carbocycles. The number of rotatable bonds is 8. The highest BCUT2D eigenvalue weighted by Gasteiger charge is 2.21. The summed E-state index contributed by atoms with van der Waals surface area (Å²) in [5.74, 6) is 0.654. The average molecular weight is 215 g/mol. The molecule has 0 aromatic heterocycles. The normalized spacial score (nSPS) is 20.6. The van der Waals surface area contributed by atoms with Crippen molar-refractivity contribution in [3.05, 3.63) is 0 Å². The van der Waals surface area contributed by atoms with Gasteiger partial charge in [-0.3, -0.25) is 0 Å². The number of aliphatic hydroxyl groups excluding tert-OH is 1. The molecule has 0 aliphatic heterocycles. The van der Waals surface area contributed by atoms with Gasteiger partial charge < -0.3 is 15.2 Å². The summed E-state index contributed by atoms with van der Waals surface area (Å²) in [6, 6.07) is 0.660. The average Bonchev–Trinajstić information content (AvgIpc) is 2.93. The first-order chi connectivity index (χ1) is 7.08. The van der Waals surface area contributed by atoms with Gasteiger partial charge in [-0.1, -0.05) is 13.8 Å². The molecule has 1 aliphatic carbocycles. The van der Waals surface area contributed by atoms with Gasteiger partial charge in [0.05, 0.1) is 18.8 Å². The minimum Gasteiger partial charge on any atom is -0.389 e. The van der Waals surface area contributed by atoms with Gasteiger partial charge in [0.25, 0.3) is 0 Å². The molecule has 2 atom stereocenters. The SMILES string of the molecule is CC(C)CC(C)OCC(O)CNC1CC1. The minimum atomic E-state index is -0.361. The molecule has 0 aromatic rings. The molecular weight excluding hydrogens is 190 g/mol. The van der Waals surface area contributed by atoms with E-state index >= 15 is 0 Å². The fraction of sp³-hybridized carbons (Fsp3) is 1.00. The number of ether oxygens (including phenoxy) is 1. The molecule has 0 saturated heterocycles. The van der Waals surface area contributed by atoms with Crippen LogP contribution in [0.25, 0.3) is 0 Å². The first kappa shape index (κ1) is 12.9. The van der Waals surface area contributed by atoms with Crippen LogP contribution >= 0.6 is 0 Å². The van der Waals surface area contributed by atoms with Gasteiger partial charge in [0, 0.05) is 12.6 Å². The van der Waals surface area contributed by atoms with Gasteiger partial charge in [0.2, 0.25) is 0 Å². The van der Waals surface area contributed by atoms with Gasteiger partial charge in [-0.15, -0.1) is 0 Å². The van der Waals surface area contributed by atoms with Crippen molar-refractivity contribution in [2.24, 2.45) is 5.92 Å². The van der Waals surface area contributed by atoms with Crippen LogP contribution in [0.1, 0.15) is 40.0 Å². The number of nitrogens with one attached hydrogen (secondary N) is 1. The Bertz CT molecular complexity index is 169. The lowest BCUT2D eigenvalue weighted by atomic mass is 10.1. The summed E-state index contributed by atoms with van der Waals surface area (Å²) in [6.45, 7) is 7.56. The van der Waals surface area contributed by atoms with Crippen LogP contribution in [0.3, 0.4) is 0 Å². The lowest BCUT2D eigenvalue weighted by Crippen LogP contribution is -2.32. The first-order valence-electron chi connectivity index (χ1n) is 6.11. The van der Waals surface area contributed by atoms with E-state index in [0.29, 0.717) is 25.1 Å². The maximum atomic E-state index is 9.62. The molecule has 3 nitrogen and oxygen atoms in total. The largest absolute Gasteiger partial charge is 0.389 e. The molecule has 1 rings (SSSR count). The number of hydrogen-bond donors (Lipinski definition) is 2. The van der Waals surface area contributed by atoms with Gasteiger partial charge in [0.1, 0.15) is 0 Å². The van der Waals surface area contributed by atoms with Crippen molar-refractivity contribution >= 4 is 0 Å². The molecule has 2 N–H and O–H groups in total. The second-order valence-corrected chi connectivity index (χ2v) is 5.11. The first-order valence-corrected chi connectivity index (χ1v) is 6.11. The molecule has 0 aromatic carbocycles. The van der Waals surface area contributed by atoms with Gasteiger partial charge in [-0.2, -0.15) is 0 Å². The fourth-order valence-electron chi connectivity index (χ4n) is 1.66. The molecule has 0 radical (unpaired) electrons. The predicted octanol–water partition coefficient (Wildman–Crippen LogP) is 1.55. The van der Waals surface area contributed by atoms with E-state index in [0.717, 1.165) is 6.42 Å². The fourth-order valence-corrected chi connectivity index (χ4v) is 1.66. The van der Waals surface area contributed by atoms with Crippen LogP contribution in [0.4, 0.5) is 0 Å². The highest BCUT2D eigenvalue weighted by molar-refractivity contribution is 4.81. The molecule has 90 valence electrons. The molecule has 0 amide bonds. The minimum absolute atomic E-state index is 0.251. The summed E-state index contributed by atoms with van der Waals surface area (Å²) < 4.78 is 5.58. The highest BCUT2D eigenvalue weighted by atomic mass is 16.5. The molecule has 2 unspecified atom stereocenters. The summed E-state index contributed by atoms with van der Waals surface area (Å²) in [6.07, 6.45) is 3.47. The Morgan fingerprint density at radius 3 is 2.53 bits per heavy atom. The Morgan fingerprint density at radius 2 is 2.00 bits per heavy atom. The second-order valence-electron chi connectivity index (χ2n) is 5.11. The van der Waals surface area contributed by atoms with Crippen molar-refractivity contribution in [3.63, 3.8) is 0 Å². The molecule has 0 spiro atoms. The zero-order chi connectivity index (χ0) is 11.3. The van der Waals surface area contributed by atoms with Crippen LogP contribution in [0, 0.1) is 5.92 Å². The van der Waals surface area contributed by atoms with Gasteiger partial charge in [0.15, 0.2) is 0 Å². The van der Waals surface area contributed by atoms with Gasteiger partial charge in [-0.25, -0.2) is 0 Å². The van der Waals surface area contributed by atoms with E-state index in [-0.39, 0.29) is 12.2 Å². The number of aliphatic hydroxyl groups is 1. The van der Waals surface area contributed by atoms with E-state index in [2.05, 4.69) is 26.1 Å². The van der Waals surface area contributed by atoms with Crippen LogP contribution in [-0.2, 0) is 4.74 Å². The van der Waals surface area contributed by atoms with Gasteiger partial charge in [-0.05, 0) is 32.1 Å². The van der Waals surface area contributed by atoms with Crippen LogP contribution in [0.15, 0.2) is 0 Å². The maximum Gasteiger partial charge on any atom is 0.0897 e. The van der Waals surface area contributed by atoms with E-state index in [1.165, 1.54) is 12.8 Å². The Hall–Kier alpha value is -0.120. The molecular formula is C12H25NO2. The Morgan fingerprint density at radius 1 is 1.33 bits per heavy atom. The van der Waals surface area contributed by atoms with Crippen LogP contribution in [0.2, 0.25) is 0 Å². The van der Waals surface area contributed by atoms with Crippen molar-refractivity contribution in [2.45, 2.75) is 58.3 Å². The third kappa shape index (κ3) is 6.88. The quantitative estimate of drug-likeness (QED) is 0.645. The lowest BCUT2D eigenvalue weighted by molar-refractivity contribution is -0.00857. The van der Waals surface area contributed by atoms with Crippen LogP contribution in [0.5, 0.6) is 0 Å². The van der Waals surface area contributed by atoms with Gasteiger partial charge >= 0.3 is 0 Å². The summed E-state index contributed by atoms with van der Waals surface area (Å²) in [5, 5.41) is 12.9. The predicted molar refractivity (Wildman–Crippen MR) is 61.9 cm³/mol. The third-order valence-electron chi connectivity index (χ3n) is 2.60. The standard InChI is InChI=1S/C12H25NO2/c1-9(2)6-10(3)15-8-12(14)7-13-11-4-5-11/h9-14H,4-8H2,1-3H3. The summed E-state index contributed by atoms with van der Waals surface area (Å²) in [5.41, 5.74) is 0. The summed E-state index contributed by atoms with van der Waals surface area (Å²) >= 11 is 0. The Kier molecular flexibility index (Phi) is 5.58. The third-order valence-corrected chi connectivity index (χ3v) is 2.60. The lowest BCUT2D eigenvalue weighted by Gasteiger charge is -2.18. The van der Waals surface area contributed by atoms with Crippen molar-refractivity contribution in [3.8, 4) is 0 Å². The van der Waals surface area contributed by atoms with Crippen molar-refractivity contribution < 1.29 is 9.84 Å². The highest BCUT2D eigenvalue weighted by Crippen LogP contribution is 2.18. The van der Waals surface area contributed by atoms with Crippen LogP contribution in [-0.4, -0.2) is 36.5 Å². The molecule has 0 heterocycles. The van der Waals surface area contributed by atoms with Crippen molar-refractivity contribution in [1.82, 2.24) is 5.32 Å². The maximum absolute atomic E-state index is 9.62. The zero-order valence-corrected chi connectivity index (χ0v) is 10.2. The topological polar surface area (TPSA) is 41.5 Å². The molecule has 15 heavy (non-hydrogen) atoms. The van der Waals surface area contributed by atoms with E-state index in [1.807, 2.05) is 0 Å². The van der Waals surface area contributed by atoms with E-state index in [9.17, 15) is 5.11 Å². The molecule has 3 heteroatoms. The molecule has 0 bridgehead atoms. The summed E-state index contributed by atoms with van der Waals surface area (Å²) in [4.78, 5) is 0. The van der Waals surface area contributed by atoms with E-state index in [1.54, 1.807) is 0 Å². The van der Waals surface area contributed by atoms with E-state index < -0.39 is 0 Å². The second kappa shape index (κ2) is 6.46. The van der Waals surface area contributed by atoms with Crippen LogP contribution < -0.4 is 5.32 Å².